The molecule has 140 heavy (non-hydrogen) atoms. The fourth-order valence-electron chi connectivity index (χ4n) is 15.0. The zero-order chi connectivity index (χ0) is 103. The number of nitrogens with zero attached hydrogens (tertiary/aromatic N) is 1. The van der Waals surface area contributed by atoms with Crippen molar-refractivity contribution in [2.75, 3.05) is 105 Å². The highest BCUT2D eigenvalue weighted by Gasteiger charge is 2.57. The Kier molecular flexibility index (Phi) is 58.2. The lowest BCUT2D eigenvalue weighted by atomic mass is 9.85. The first-order valence-electron chi connectivity index (χ1n) is 47.2. The molecule has 4 rings (SSSR count). The minimum Gasteiger partial charge on any atom is -0.466 e. The van der Waals surface area contributed by atoms with E-state index in [4.69, 9.17) is 80.6 Å². The molecule has 0 radical (unpaired) electrons. The lowest BCUT2D eigenvalue weighted by molar-refractivity contribution is -0.288. The lowest BCUT2D eigenvalue weighted by Gasteiger charge is -2.48. The van der Waals surface area contributed by atoms with Gasteiger partial charge in [0, 0.05) is 187 Å². The van der Waals surface area contributed by atoms with E-state index in [0.29, 0.717) is 64.2 Å². The second-order valence-electron chi connectivity index (χ2n) is 33.5. The molecule has 3 fully saturated rings. The standard InChI is InChI=1S/C92H143N11O37/c1-57(104)100-80-85(134-64(8)111)83(132-62(6)109)71(54-128-60(4)107)137-90(80)126-48-25-15-20-36-75(118)96-43-30-46-99-88(123)70(33-22-23-40-93-76(119)37-27-38-79(122)130-53-69-31-17-13-18-32-69)103(51-77(120)97-44-28-41-94-73(116)34-19-14-24-47-125-89-82(101-58(2)105)87(136-66(10)113)92(56-131-89,139-67(11)114)39-50-124-59(3)106)52-78(121)98-45-29-42-95-74(117)35-21-16-26-49-127-91-81(102-140-68(12)115)86(135-65(9)112)84(133-63(7)110)72(138-91)55-129-61(5)108/h13,17-18,31-32,70-72,80-87,89-91,102H,14-16,19-30,33-56H2,1-12H3,(H,93,119)(H,94,116)(H,95,117)(H,96,118)(H,97,120)(H,98,121)(H,99,123)(H,100,104)(H,101,105). The van der Waals surface area contributed by atoms with Gasteiger partial charge in [0.2, 0.25) is 53.2 Å². The summed E-state index contributed by atoms with van der Waals surface area (Å²) in [6.45, 7) is 12.0. The molecule has 1 aromatic carbocycles. The molecule has 3 aliphatic rings. The number of hydrogen-bond donors (Lipinski definition) is 10. The fraction of sp³-hybridized carbons (Fsp3) is 0.717. The number of carbonyl (C=O) groups excluding carboxylic acids is 20. The van der Waals surface area contributed by atoms with Crippen molar-refractivity contribution in [1.29, 1.82) is 0 Å². The van der Waals surface area contributed by atoms with E-state index in [2.05, 4.69) is 53.3 Å². The van der Waals surface area contributed by atoms with Crippen molar-refractivity contribution in [1.82, 2.24) is 58.2 Å². The first kappa shape index (κ1) is 121. The zero-order valence-electron chi connectivity index (χ0n) is 82.1. The minimum atomic E-state index is -1.69. The third-order valence-electron chi connectivity index (χ3n) is 21.2. The van der Waals surface area contributed by atoms with Crippen LogP contribution in [0.15, 0.2) is 30.3 Å². The quantitative estimate of drug-likeness (QED) is 0.0186. The first-order valence-corrected chi connectivity index (χ1v) is 47.2. The summed E-state index contributed by atoms with van der Waals surface area (Å²) < 4.78 is 90.2. The molecule has 15 atom stereocenters. The van der Waals surface area contributed by atoms with Crippen LogP contribution in [0.4, 0.5) is 0 Å². The minimum absolute atomic E-state index is 0.00310. The second kappa shape index (κ2) is 67.6. The number of esters is 10. The van der Waals surface area contributed by atoms with E-state index in [0.717, 1.165) is 67.9 Å². The van der Waals surface area contributed by atoms with E-state index in [-0.39, 0.29) is 186 Å². The molecule has 10 N–H and O–H groups in total. The molecular formula is C92H143N11O37. The van der Waals surface area contributed by atoms with Gasteiger partial charge in [-0.25, -0.2) is 0 Å². The van der Waals surface area contributed by atoms with Gasteiger partial charge in [-0.05, 0) is 89.0 Å². The smallest absolute Gasteiger partial charge is 0.321 e. The number of amides is 9. The number of nitrogens with one attached hydrogen (secondary N) is 10. The molecule has 0 spiro atoms. The number of ether oxygens (including phenoxy) is 16. The maximum absolute atomic E-state index is 14.6. The van der Waals surface area contributed by atoms with E-state index >= 15 is 0 Å². The Morgan fingerprint density at radius 1 is 0.371 bits per heavy atom. The lowest BCUT2D eigenvalue weighted by Crippen LogP contribution is -2.69. The fourth-order valence-corrected chi connectivity index (χ4v) is 15.0. The molecule has 3 heterocycles. The van der Waals surface area contributed by atoms with Gasteiger partial charge in [-0.3, -0.25) is 101 Å². The average Bonchev–Trinajstić information content (AvgIpc) is 0.762. The molecule has 788 valence electrons. The Hall–Kier alpha value is -11.7. The monoisotopic (exact) mass is 1990 g/mol. The van der Waals surface area contributed by atoms with Crippen molar-refractivity contribution in [2.24, 2.45) is 0 Å². The number of benzene rings is 1. The molecular weight excluding hydrogens is 1850 g/mol. The van der Waals surface area contributed by atoms with Crippen molar-refractivity contribution in [3.8, 4) is 0 Å². The SMILES string of the molecule is CC(=O)NC1C(OCCCCCC(=O)NCCCNC(=O)C(CCCCNC(=O)CCCC(=O)OCc2ccccc2)N(CC(=O)NCCCNC(=O)CCCCCOC2OC(COC(C)=O)C(OC(C)=O)C(OC(C)=O)C2NOC(C)=O)CC(=O)NCCCNC(=O)CCCCCOC2OCC(CCOC(C)=O)(OC(C)=O)C(OC(C)=O)C2NC(C)=O)OC(COC(C)=O)C(OC(C)=O)C1OC(C)=O. The predicted octanol–water partition coefficient (Wildman–Crippen LogP) is 0.747. The van der Waals surface area contributed by atoms with Gasteiger partial charge in [0.1, 0.15) is 50.2 Å². The highest BCUT2D eigenvalue weighted by Crippen LogP contribution is 2.36. The molecule has 1 aromatic rings. The van der Waals surface area contributed by atoms with Gasteiger partial charge in [-0.2, -0.15) is 0 Å². The molecule has 3 saturated heterocycles. The van der Waals surface area contributed by atoms with Crippen LogP contribution in [0, 0.1) is 0 Å². The van der Waals surface area contributed by atoms with Crippen LogP contribution in [0.1, 0.15) is 230 Å². The van der Waals surface area contributed by atoms with E-state index in [1.807, 2.05) is 30.3 Å². The Morgan fingerprint density at radius 2 is 0.779 bits per heavy atom. The van der Waals surface area contributed by atoms with Crippen LogP contribution in [0.2, 0.25) is 0 Å². The summed E-state index contributed by atoms with van der Waals surface area (Å²) in [6.07, 6.45) is -7.45. The van der Waals surface area contributed by atoms with Gasteiger partial charge in [0.15, 0.2) is 55.0 Å². The van der Waals surface area contributed by atoms with Gasteiger partial charge in [-0.1, -0.05) is 49.6 Å². The molecule has 0 aliphatic carbocycles. The van der Waals surface area contributed by atoms with E-state index in [9.17, 15) is 95.9 Å². The van der Waals surface area contributed by atoms with Crippen LogP contribution in [0.25, 0.3) is 0 Å². The molecule has 3 aliphatic heterocycles. The highest BCUT2D eigenvalue weighted by molar-refractivity contribution is 5.86. The Balaban J connectivity index is 1.43. The van der Waals surface area contributed by atoms with Gasteiger partial charge in [0.25, 0.3) is 0 Å². The second-order valence-corrected chi connectivity index (χ2v) is 33.5. The summed E-state index contributed by atoms with van der Waals surface area (Å²) in [7, 11) is 0. The Morgan fingerprint density at radius 3 is 1.21 bits per heavy atom. The number of hydrogen-bond acceptors (Lipinski definition) is 39. The molecule has 0 saturated carbocycles. The maximum Gasteiger partial charge on any atom is 0.321 e. The van der Waals surface area contributed by atoms with E-state index in [1.54, 1.807) is 0 Å². The van der Waals surface area contributed by atoms with Crippen molar-refractivity contribution >= 4 is 119 Å². The van der Waals surface area contributed by atoms with Gasteiger partial charge in [0.05, 0.1) is 32.3 Å². The van der Waals surface area contributed by atoms with Crippen LogP contribution < -0.4 is 53.3 Å². The maximum atomic E-state index is 14.6. The predicted molar refractivity (Wildman–Crippen MR) is 485 cm³/mol. The summed E-state index contributed by atoms with van der Waals surface area (Å²) in [6, 6.07) is 4.32. The van der Waals surface area contributed by atoms with Gasteiger partial charge in [-0.15, -0.1) is 5.48 Å². The van der Waals surface area contributed by atoms with Crippen molar-refractivity contribution < 1.29 is 177 Å². The average molecular weight is 2000 g/mol. The highest BCUT2D eigenvalue weighted by atomic mass is 16.7. The van der Waals surface area contributed by atoms with E-state index < -0.39 is 213 Å². The molecule has 0 aromatic heterocycles. The van der Waals surface area contributed by atoms with E-state index in [1.165, 1.54) is 25.7 Å². The first-order chi connectivity index (χ1) is 66.6. The van der Waals surface area contributed by atoms with Crippen molar-refractivity contribution in [3.05, 3.63) is 35.9 Å². The van der Waals surface area contributed by atoms with Crippen LogP contribution in [-0.2, 0) is 183 Å². The van der Waals surface area contributed by atoms with Crippen LogP contribution in [-0.4, -0.2) is 320 Å². The Bertz CT molecular complexity index is 4150. The Labute approximate surface area is 813 Å². The number of carbonyl (C=O) groups is 20. The zero-order valence-corrected chi connectivity index (χ0v) is 82.1. The van der Waals surface area contributed by atoms with Gasteiger partial charge >= 0.3 is 65.7 Å². The van der Waals surface area contributed by atoms with Crippen molar-refractivity contribution in [2.45, 2.75) is 322 Å². The van der Waals surface area contributed by atoms with Crippen LogP contribution >= 0.6 is 0 Å². The number of unbranched alkanes of at least 4 members (excludes halogenated alkanes) is 7. The van der Waals surface area contributed by atoms with Gasteiger partial charge < -0.3 is 128 Å². The summed E-state index contributed by atoms with van der Waals surface area (Å²) in [5.74, 6) is -12.1. The van der Waals surface area contributed by atoms with Crippen molar-refractivity contribution in [3.63, 3.8) is 0 Å². The topological polar surface area (TPSA) is 622 Å². The third-order valence-corrected chi connectivity index (χ3v) is 21.2. The summed E-state index contributed by atoms with van der Waals surface area (Å²) in [4.78, 5) is 260. The molecule has 9 amide bonds. The van der Waals surface area contributed by atoms with Crippen LogP contribution in [0.5, 0.6) is 0 Å². The summed E-state index contributed by atoms with van der Waals surface area (Å²) >= 11 is 0. The number of rotatable bonds is 67. The molecule has 0 bridgehead atoms. The molecule has 48 heteroatoms. The summed E-state index contributed by atoms with van der Waals surface area (Å²) in [5, 5.41) is 25.1. The summed E-state index contributed by atoms with van der Waals surface area (Å²) in [5.41, 5.74) is 1.58. The molecule has 48 nitrogen and oxygen atoms in total. The number of hydroxylamine groups is 1. The largest absolute Gasteiger partial charge is 0.466 e. The van der Waals surface area contributed by atoms with Crippen LogP contribution in [0.3, 0.4) is 0 Å². The normalized spacial score (nSPS) is 20.9. The third kappa shape index (κ3) is 50.9. The molecule has 15 unspecified atom stereocenters.